The van der Waals surface area contributed by atoms with Gasteiger partial charge in [-0.05, 0) is 38.9 Å². The molecular formula is C14H26N4O2S. The lowest BCUT2D eigenvalue weighted by atomic mass is 10.1. The summed E-state index contributed by atoms with van der Waals surface area (Å²) >= 11 is 0. The van der Waals surface area contributed by atoms with E-state index in [1.165, 1.54) is 10.5 Å². The Morgan fingerprint density at radius 3 is 2.57 bits per heavy atom. The highest BCUT2D eigenvalue weighted by Gasteiger charge is 2.31. The fourth-order valence-corrected chi connectivity index (χ4v) is 4.17. The van der Waals surface area contributed by atoms with Crippen LogP contribution in [0.25, 0.3) is 0 Å². The highest BCUT2D eigenvalue weighted by atomic mass is 32.2. The summed E-state index contributed by atoms with van der Waals surface area (Å²) in [6, 6.07) is 0.0801. The van der Waals surface area contributed by atoms with E-state index in [-0.39, 0.29) is 11.1 Å². The van der Waals surface area contributed by atoms with Crippen LogP contribution in [0.15, 0.2) is 11.2 Å². The van der Waals surface area contributed by atoms with Gasteiger partial charge in [0.1, 0.15) is 5.82 Å². The zero-order valence-corrected chi connectivity index (χ0v) is 14.0. The van der Waals surface area contributed by atoms with Crippen LogP contribution >= 0.6 is 0 Å². The lowest BCUT2D eigenvalue weighted by Gasteiger charge is -2.35. The Labute approximate surface area is 127 Å². The molecule has 1 aliphatic heterocycles. The molecule has 0 unspecified atom stereocenters. The molecule has 6 nitrogen and oxygen atoms in total. The van der Waals surface area contributed by atoms with Crippen molar-refractivity contribution in [1.29, 1.82) is 0 Å². The molecule has 1 aliphatic rings. The van der Waals surface area contributed by atoms with Crippen molar-refractivity contribution in [2.24, 2.45) is 0 Å². The van der Waals surface area contributed by atoms with E-state index in [2.05, 4.69) is 21.8 Å². The van der Waals surface area contributed by atoms with E-state index in [4.69, 9.17) is 0 Å². The highest BCUT2D eigenvalue weighted by molar-refractivity contribution is 7.89. The van der Waals surface area contributed by atoms with Gasteiger partial charge in [0.25, 0.3) is 10.0 Å². The summed E-state index contributed by atoms with van der Waals surface area (Å²) in [5, 5.41) is 0.206. The predicted octanol–water partition coefficient (Wildman–Crippen LogP) is 1.47. The molecule has 1 saturated heterocycles. The second-order valence-electron chi connectivity index (χ2n) is 5.64. The third kappa shape index (κ3) is 3.64. The van der Waals surface area contributed by atoms with Gasteiger partial charge in [-0.2, -0.15) is 4.31 Å². The first-order chi connectivity index (χ1) is 9.98. The van der Waals surface area contributed by atoms with Gasteiger partial charge in [0.05, 0.1) is 6.20 Å². The van der Waals surface area contributed by atoms with Crippen LogP contribution in [0.2, 0.25) is 0 Å². The van der Waals surface area contributed by atoms with Gasteiger partial charge >= 0.3 is 0 Å². The first-order valence-corrected chi connectivity index (χ1v) is 9.17. The van der Waals surface area contributed by atoms with Crippen molar-refractivity contribution >= 4 is 10.0 Å². The Morgan fingerprint density at radius 1 is 1.38 bits per heavy atom. The molecule has 7 heteroatoms. The molecule has 0 amide bonds. The molecule has 0 atom stereocenters. The third-order valence-corrected chi connectivity index (χ3v) is 6.03. The Balaban J connectivity index is 2.03. The number of imidazole rings is 1. The summed E-state index contributed by atoms with van der Waals surface area (Å²) < 4.78 is 26.7. The van der Waals surface area contributed by atoms with E-state index in [0.29, 0.717) is 12.2 Å². The number of aromatic amines is 1. The average Bonchev–Trinajstić information content (AvgIpc) is 2.97. The van der Waals surface area contributed by atoms with E-state index >= 15 is 0 Å². The summed E-state index contributed by atoms with van der Waals surface area (Å²) in [6.45, 7) is 7.17. The molecule has 0 spiro atoms. The van der Waals surface area contributed by atoms with Crippen LogP contribution in [0.3, 0.4) is 0 Å². The smallest absolute Gasteiger partial charge is 0.260 e. The summed E-state index contributed by atoms with van der Waals surface area (Å²) in [6.07, 6.45) is 5.06. The topological polar surface area (TPSA) is 69.3 Å². The third-order valence-electron chi connectivity index (χ3n) is 4.21. The highest BCUT2D eigenvalue weighted by Crippen LogP contribution is 2.22. The Kier molecular flexibility index (Phi) is 5.40. The normalized spacial score (nSPS) is 18.5. The van der Waals surface area contributed by atoms with Crippen LogP contribution in [-0.4, -0.2) is 60.3 Å². The van der Waals surface area contributed by atoms with Crippen LogP contribution in [0.5, 0.6) is 0 Å². The summed E-state index contributed by atoms with van der Waals surface area (Å²) in [5.41, 5.74) is 0. The summed E-state index contributed by atoms with van der Waals surface area (Å²) in [7, 11) is -1.78. The SMILES string of the molecule is CCCN1CCC(N(C)S(=O)(=O)c2cnc(CC)[nH]2)CC1. The molecule has 1 aromatic rings. The van der Waals surface area contributed by atoms with Gasteiger partial charge in [0.2, 0.25) is 0 Å². The Morgan fingerprint density at radius 2 is 2.05 bits per heavy atom. The van der Waals surface area contributed by atoms with Crippen molar-refractivity contribution in [2.75, 3.05) is 26.7 Å². The zero-order chi connectivity index (χ0) is 15.5. The van der Waals surface area contributed by atoms with Gasteiger partial charge < -0.3 is 9.88 Å². The van der Waals surface area contributed by atoms with Crippen molar-refractivity contribution in [1.82, 2.24) is 19.2 Å². The maximum atomic E-state index is 12.6. The molecule has 1 aromatic heterocycles. The van der Waals surface area contributed by atoms with E-state index in [0.717, 1.165) is 38.9 Å². The first-order valence-electron chi connectivity index (χ1n) is 7.73. The van der Waals surface area contributed by atoms with Gasteiger partial charge in [-0.3, -0.25) is 0 Å². The fraction of sp³-hybridized carbons (Fsp3) is 0.786. The maximum Gasteiger partial charge on any atom is 0.260 e. The number of aryl methyl sites for hydroxylation is 1. The molecule has 1 fully saturated rings. The molecule has 0 saturated carbocycles. The number of hydrogen-bond acceptors (Lipinski definition) is 4. The van der Waals surface area contributed by atoms with Crippen LogP contribution in [-0.2, 0) is 16.4 Å². The number of nitrogens with one attached hydrogen (secondary N) is 1. The summed E-state index contributed by atoms with van der Waals surface area (Å²) in [4.78, 5) is 9.40. The number of nitrogens with zero attached hydrogens (tertiary/aromatic N) is 3. The molecule has 2 heterocycles. The lowest BCUT2D eigenvalue weighted by molar-refractivity contribution is 0.170. The molecule has 0 bridgehead atoms. The van der Waals surface area contributed by atoms with E-state index in [9.17, 15) is 8.42 Å². The Hall–Kier alpha value is -0.920. The first kappa shape index (κ1) is 16.5. The minimum absolute atomic E-state index is 0.0801. The molecule has 0 aliphatic carbocycles. The van der Waals surface area contributed by atoms with E-state index < -0.39 is 10.0 Å². The monoisotopic (exact) mass is 314 g/mol. The predicted molar refractivity (Wildman–Crippen MR) is 82.7 cm³/mol. The van der Waals surface area contributed by atoms with Gasteiger partial charge in [-0.25, -0.2) is 13.4 Å². The number of sulfonamides is 1. The van der Waals surface area contributed by atoms with Crippen molar-refractivity contribution in [3.05, 3.63) is 12.0 Å². The molecule has 0 aromatic carbocycles. The van der Waals surface area contributed by atoms with Crippen LogP contribution in [0.1, 0.15) is 38.9 Å². The molecule has 0 radical (unpaired) electrons. The quantitative estimate of drug-likeness (QED) is 0.863. The molecule has 120 valence electrons. The number of aromatic nitrogens is 2. The van der Waals surface area contributed by atoms with Gasteiger partial charge in [0.15, 0.2) is 5.03 Å². The molecule has 21 heavy (non-hydrogen) atoms. The Bertz CT molecular complexity index is 547. The van der Waals surface area contributed by atoms with Gasteiger partial charge in [-0.15, -0.1) is 0 Å². The van der Waals surface area contributed by atoms with Crippen LogP contribution in [0, 0.1) is 0 Å². The van der Waals surface area contributed by atoms with Crippen molar-refractivity contribution in [2.45, 2.75) is 50.6 Å². The minimum atomic E-state index is -3.46. The fourth-order valence-electron chi connectivity index (χ4n) is 2.83. The second kappa shape index (κ2) is 6.89. The average molecular weight is 314 g/mol. The molecular weight excluding hydrogens is 288 g/mol. The van der Waals surface area contributed by atoms with Crippen molar-refractivity contribution < 1.29 is 8.42 Å². The van der Waals surface area contributed by atoms with E-state index in [1.807, 2.05) is 6.92 Å². The number of rotatable bonds is 6. The molecule has 2 rings (SSSR count). The zero-order valence-electron chi connectivity index (χ0n) is 13.2. The molecule has 1 N–H and O–H groups in total. The lowest BCUT2D eigenvalue weighted by Crippen LogP contribution is -2.45. The van der Waals surface area contributed by atoms with E-state index in [1.54, 1.807) is 7.05 Å². The van der Waals surface area contributed by atoms with Crippen molar-refractivity contribution in [3.8, 4) is 0 Å². The standard InChI is InChI=1S/C14H26N4O2S/c1-4-8-18-9-6-12(7-10-18)17(3)21(19,20)14-11-15-13(5-2)16-14/h11-12H,4-10H2,1-3H3,(H,15,16). The van der Waals surface area contributed by atoms with Gasteiger partial charge in [0, 0.05) is 19.5 Å². The number of piperidine rings is 1. The minimum Gasteiger partial charge on any atom is -0.332 e. The van der Waals surface area contributed by atoms with Crippen LogP contribution < -0.4 is 0 Å². The maximum absolute atomic E-state index is 12.6. The second-order valence-corrected chi connectivity index (χ2v) is 7.61. The van der Waals surface area contributed by atoms with Gasteiger partial charge in [-0.1, -0.05) is 13.8 Å². The summed E-state index contributed by atoms with van der Waals surface area (Å²) in [5.74, 6) is 0.708. The number of likely N-dealkylation sites (tertiary alicyclic amines) is 1. The van der Waals surface area contributed by atoms with Crippen molar-refractivity contribution in [3.63, 3.8) is 0 Å². The number of hydrogen-bond donors (Lipinski definition) is 1. The number of H-pyrrole nitrogens is 1. The largest absolute Gasteiger partial charge is 0.332 e. The van der Waals surface area contributed by atoms with Crippen LogP contribution in [0.4, 0.5) is 0 Å².